The Labute approximate surface area is 130 Å². The molecular weight excluding hydrogens is 284 g/mol. The number of hydrogen-bond donors (Lipinski definition) is 2. The molecule has 0 unspecified atom stereocenters. The van der Waals surface area contributed by atoms with Gasteiger partial charge in [0.15, 0.2) is 6.61 Å². The maximum absolute atomic E-state index is 11.9. The molecule has 2 rings (SSSR count). The van der Waals surface area contributed by atoms with Crippen molar-refractivity contribution in [1.82, 2.24) is 5.32 Å². The third kappa shape index (κ3) is 4.46. The van der Waals surface area contributed by atoms with Crippen molar-refractivity contribution in [2.75, 3.05) is 19.8 Å². The van der Waals surface area contributed by atoms with Crippen molar-refractivity contribution in [3.63, 3.8) is 0 Å². The molecule has 0 atom stereocenters. The van der Waals surface area contributed by atoms with Gasteiger partial charge in [-0.3, -0.25) is 9.59 Å². The standard InChI is InChI=1S/C16H22N2O4/c1-2-3-12-4-6-13(7-5-12)22-9-15(20)18-16(8-14(17)19)10-21-11-16/h4-7H,2-3,8-11H2,1H3,(H2,17,19)(H,18,20). The molecule has 1 aliphatic rings. The Balaban J connectivity index is 1.80. The van der Waals surface area contributed by atoms with Gasteiger partial charge in [-0.15, -0.1) is 0 Å². The van der Waals surface area contributed by atoms with E-state index in [1.165, 1.54) is 5.56 Å². The number of primary amides is 1. The molecule has 1 saturated heterocycles. The highest BCUT2D eigenvalue weighted by Crippen LogP contribution is 2.21. The number of nitrogens with one attached hydrogen (secondary N) is 1. The number of hydrogen-bond acceptors (Lipinski definition) is 4. The summed E-state index contributed by atoms with van der Waals surface area (Å²) in [5.41, 5.74) is 5.76. The number of rotatable bonds is 8. The van der Waals surface area contributed by atoms with Gasteiger partial charge in [-0.1, -0.05) is 25.5 Å². The van der Waals surface area contributed by atoms with Gasteiger partial charge in [-0.05, 0) is 24.1 Å². The zero-order valence-electron chi connectivity index (χ0n) is 12.8. The third-order valence-corrected chi connectivity index (χ3v) is 3.51. The first-order valence-corrected chi connectivity index (χ1v) is 7.42. The number of aryl methyl sites for hydroxylation is 1. The van der Waals surface area contributed by atoms with Crippen LogP contribution in [0.5, 0.6) is 5.75 Å². The van der Waals surface area contributed by atoms with Crippen molar-refractivity contribution in [2.45, 2.75) is 31.7 Å². The fraction of sp³-hybridized carbons (Fsp3) is 0.500. The van der Waals surface area contributed by atoms with Gasteiger partial charge < -0.3 is 20.5 Å². The molecule has 1 aliphatic heterocycles. The zero-order chi connectivity index (χ0) is 16.0. The first-order chi connectivity index (χ1) is 10.5. The van der Waals surface area contributed by atoms with Crippen molar-refractivity contribution in [2.24, 2.45) is 5.73 Å². The van der Waals surface area contributed by atoms with Crippen molar-refractivity contribution in [3.8, 4) is 5.75 Å². The summed E-state index contributed by atoms with van der Waals surface area (Å²) >= 11 is 0. The van der Waals surface area contributed by atoms with Crippen LogP contribution in [-0.4, -0.2) is 37.2 Å². The van der Waals surface area contributed by atoms with E-state index in [2.05, 4.69) is 12.2 Å². The maximum Gasteiger partial charge on any atom is 0.258 e. The first-order valence-electron chi connectivity index (χ1n) is 7.42. The molecule has 6 nitrogen and oxygen atoms in total. The topological polar surface area (TPSA) is 90.6 Å². The molecular formula is C16H22N2O4. The van der Waals surface area contributed by atoms with E-state index in [4.69, 9.17) is 15.2 Å². The van der Waals surface area contributed by atoms with Crippen LogP contribution in [0.2, 0.25) is 0 Å². The lowest BCUT2D eigenvalue weighted by atomic mass is 9.92. The average molecular weight is 306 g/mol. The second kappa shape index (κ2) is 7.26. The number of carbonyl (C=O) groups excluding carboxylic acids is 2. The zero-order valence-corrected chi connectivity index (χ0v) is 12.8. The Hall–Kier alpha value is -2.08. The predicted octanol–water partition coefficient (Wildman–Crippen LogP) is 0.778. The van der Waals surface area contributed by atoms with Crippen LogP contribution in [0.3, 0.4) is 0 Å². The van der Waals surface area contributed by atoms with Gasteiger partial charge in [0.2, 0.25) is 5.91 Å². The van der Waals surface area contributed by atoms with Crippen LogP contribution in [-0.2, 0) is 20.7 Å². The van der Waals surface area contributed by atoms with Crippen LogP contribution in [0.25, 0.3) is 0 Å². The molecule has 1 fully saturated rings. The van der Waals surface area contributed by atoms with Crippen molar-refractivity contribution >= 4 is 11.8 Å². The molecule has 120 valence electrons. The number of nitrogens with two attached hydrogens (primary N) is 1. The second-order valence-electron chi connectivity index (χ2n) is 5.65. The van der Waals surface area contributed by atoms with E-state index < -0.39 is 11.4 Å². The molecule has 0 radical (unpaired) electrons. The highest BCUT2D eigenvalue weighted by molar-refractivity contribution is 5.81. The van der Waals surface area contributed by atoms with E-state index in [1.54, 1.807) is 0 Å². The maximum atomic E-state index is 11.9. The normalized spacial score (nSPS) is 15.7. The quantitative estimate of drug-likeness (QED) is 0.742. The van der Waals surface area contributed by atoms with Crippen LogP contribution in [0.1, 0.15) is 25.3 Å². The fourth-order valence-corrected chi connectivity index (χ4v) is 2.42. The number of carbonyl (C=O) groups is 2. The van der Waals surface area contributed by atoms with Gasteiger partial charge in [-0.2, -0.15) is 0 Å². The largest absolute Gasteiger partial charge is 0.484 e. The van der Waals surface area contributed by atoms with Crippen molar-refractivity contribution < 1.29 is 19.1 Å². The van der Waals surface area contributed by atoms with Gasteiger partial charge in [0.1, 0.15) is 5.75 Å². The molecule has 6 heteroatoms. The Morgan fingerprint density at radius 3 is 2.50 bits per heavy atom. The minimum absolute atomic E-state index is 0.0739. The highest BCUT2D eigenvalue weighted by atomic mass is 16.5. The molecule has 1 aromatic rings. The van der Waals surface area contributed by atoms with Crippen LogP contribution >= 0.6 is 0 Å². The first kappa shape index (κ1) is 16.3. The van der Waals surface area contributed by atoms with Gasteiger partial charge in [0.05, 0.1) is 25.2 Å². The molecule has 0 saturated carbocycles. The van der Waals surface area contributed by atoms with Crippen LogP contribution in [0.4, 0.5) is 0 Å². The molecule has 2 amide bonds. The van der Waals surface area contributed by atoms with Crippen LogP contribution < -0.4 is 15.8 Å². The summed E-state index contributed by atoms with van der Waals surface area (Å²) in [5.74, 6) is -0.109. The molecule has 3 N–H and O–H groups in total. The number of ether oxygens (including phenoxy) is 2. The highest BCUT2D eigenvalue weighted by Gasteiger charge is 2.41. The molecule has 0 bridgehead atoms. The van der Waals surface area contributed by atoms with E-state index in [0.717, 1.165) is 12.8 Å². The minimum atomic E-state index is -0.669. The van der Waals surface area contributed by atoms with E-state index in [-0.39, 0.29) is 18.9 Å². The summed E-state index contributed by atoms with van der Waals surface area (Å²) in [6.45, 7) is 2.62. The van der Waals surface area contributed by atoms with Gasteiger partial charge in [-0.25, -0.2) is 0 Å². The van der Waals surface area contributed by atoms with Crippen molar-refractivity contribution in [1.29, 1.82) is 0 Å². The van der Waals surface area contributed by atoms with Crippen molar-refractivity contribution in [3.05, 3.63) is 29.8 Å². The predicted molar refractivity (Wildman–Crippen MR) is 81.4 cm³/mol. The van der Waals surface area contributed by atoms with Crippen LogP contribution in [0, 0.1) is 0 Å². The Kier molecular flexibility index (Phi) is 5.38. The Morgan fingerprint density at radius 1 is 1.32 bits per heavy atom. The van der Waals surface area contributed by atoms with E-state index in [9.17, 15) is 9.59 Å². The van der Waals surface area contributed by atoms with E-state index in [1.807, 2.05) is 24.3 Å². The Bertz CT molecular complexity index is 523. The lowest BCUT2D eigenvalue weighted by molar-refractivity contribution is -0.139. The summed E-state index contributed by atoms with van der Waals surface area (Å²) < 4.78 is 10.5. The van der Waals surface area contributed by atoms with Gasteiger partial charge in [0, 0.05) is 0 Å². The summed E-state index contributed by atoms with van der Waals surface area (Å²) in [4.78, 5) is 23.0. The van der Waals surface area contributed by atoms with Crippen LogP contribution in [0.15, 0.2) is 24.3 Å². The molecule has 0 aliphatic carbocycles. The molecule has 0 aromatic heterocycles. The smallest absolute Gasteiger partial charge is 0.258 e. The number of benzene rings is 1. The average Bonchev–Trinajstić information content (AvgIpc) is 2.44. The molecule has 22 heavy (non-hydrogen) atoms. The molecule has 1 aromatic carbocycles. The van der Waals surface area contributed by atoms with E-state index in [0.29, 0.717) is 19.0 Å². The second-order valence-corrected chi connectivity index (χ2v) is 5.65. The Morgan fingerprint density at radius 2 is 2.00 bits per heavy atom. The van der Waals surface area contributed by atoms with Gasteiger partial charge >= 0.3 is 0 Å². The summed E-state index contributed by atoms with van der Waals surface area (Å²) in [5, 5.41) is 2.77. The lowest BCUT2D eigenvalue weighted by Crippen LogP contribution is -2.64. The molecule has 0 spiro atoms. The summed E-state index contributed by atoms with van der Waals surface area (Å²) in [6.07, 6.45) is 2.19. The minimum Gasteiger partial charge on any atom is -0.484 e. The third-order valence-electron chi connectivity index (χ3n) is 3.51. The van der Waals surface area contributed by atoms with E-state index >= 15 is 0 Å². The fourth-order valence-electron chi connectivity index (χ4n) is 2.42. The number of amides is 2. The monoisotopic (exact) mass is 306 g/mol. The SMILES string of the molecule is CCCc1ccc(OCC(=O)NC2(CC(N)=O)COC2)cc1. The summed E-state index contributed by atoms with van der Waals surface area (Å²) in [6, 6.07) is 7.68. The summed E-state index contributed by atoms with van der Waals surface area (Å²) in [7, 11) is 0. The lowest BCUT2D eigenvalue weighted by Gasteiger charge is -2.41. The molecule has 1 heterocycles. The van der Waals surface area contributed by atoms with Gasteiger partial charge in [0.25, 0.3) is 5.91 Å².